The molecule has 0 spiro atoms. The van der Waals surface area contributed by atoms with Crippen LogP contribution in [0.3, 0.4) is 0 Å². The molecule has 1 N–H and O–H groups in total. The number of nitrogens with zero attached hydrogens (tertiary/aromatic N) is 4. The summed E-state index contributed by atoms with van der Waals surface area (Å²) in [6.45, 7) is 2.76. The first kappa shape index (κ1) is 19.1. The monoisotopic (exact) mass is 383 g/mol. The number of hydrogen-bond donors (Lipinski definition) is 1. The average molecular weight is 384 g/mol. The number of carbonyl (C=O) groups is 1. The molecule has 2 aromatic carbocycles. The molecule has 1 amide bonds. The van der Waals surface area contributed by atoms with E-state index >= 15 is 0 Å². The number of rotatable bonds is 7. The van der Waals surface area contributed by atoms with Gasteiger partial charge in [-0.1, -0.05) is 35.9 Å². The minimum Gasteiger partial charge on any atom is -0.325 e. The standard InChI is InChI=1S/C20H22ClN5O/c1-15(16-7-9-17(10-8-16)26-14-22-13-23-26)25(2)12-11-20(27)24-19-6-4-3-5-18(19)21/h3-10,13-15H,11-12H2,1-2H3,(H,24,27). The molecule has 0 fully saturated rings. The van der Waals surface area contributed by atoms with E-state index in [0.29, 0.717) is 23.7 Å². The van der Waals surface area contributed by atoms with Crippen molar-refractivity contribution >= 4 is 23.2 Å². The zero-order valence-electron chi connectivity index (χ0n) is 15.3. The quantitative estimate of drug-likeness (QED) is 0.671. The van der Waals surface area contributed by atoms with E-state index in [2.05, 4.69) is 39.4 Å². The van der Waals surface area contributed by atoms with Gasteiger partial charge in [-0.3, -0.25) is 9.69 Å². The molecule has 0 aliphatic rings. The highest BCUT2D eigenvalue weighted by Gasteiger charge is 2.14. The van der Waals surface area contributed by atoms with Gasteiger partial charge in [-0.2, -0.15) is 5.10 Å². The smallest absolute Gasteiger partial charge is 0.225 e. The van der Waals surface area contributed by atoms with Crippen LogP contribution in [-0.2, 0) is 4.79 Å². The van der Waals surface area contributed by atoms with Gasteiger partial charge in [0.25, 0.3) is 0 Å². The molecule has 0 aliphatic heterocycles. The van der Waals surface area contributed by atoms with E-state index in [1.807, 2.05) is 31.3 Å². The lowest BCUT2D eigenvalue weighted by Gasteiger charge is -2.25. The summed E-state index contributed by atoms with van der Waals surface area (Å²) in [5.74, 6) is -0.0521. The normalized spacial score (nSPS) is 12.1. The molecule has 1 heterocycles. The molecule has 0 radical (unpaired) electrons. The van der Waals surface area contributed by atoms with E-state index in [-0.39, 0.29) is 11.9 Å². The highest BCUT2D eigenvalue weighted by molar-refractivity contribution is 6.33. The van der Waals surface area contributed by atoms with Gasteiger partial charge >= 0.3 is 0 Å². The molecule has 0 saturated carbocycles. The molecule has 1 unspecified atom stereocenters. The Morgan fingerprint density at radius 3 is 2.63 bits per heavy atom. The first-order chi connectivity index (χ1) is 13.0. The van der Waals surface area contributed by atoms with Crippen LogP contribution in [0.15, 0.2) is 61.2 Å². The van der Waals surface area contributed by atoms with Crippen molar-refractivity contribution in [1.82, 2.24) is 19.7 Å². The van der Waals surface area contributed by atoms with Crippen LogP contribution in [0.4, 0.5) is 5.69 Å². The highest BCUT2D eigenvalue weighted by atomic mass is 35.5. The molecule has 0 aliphatic carbocycles. The molecule has 3 rings (SSSR count). The third-order valence-electron chi connectivity index (χ3n) is 4.56. The van der Waals surface area contributed by atoms with E-state index in [0.717, 1.165) is 5.69 Å². The minimum atomic E-state index is -0.0521. The fourth-order valence-corrected chi connectivity index (χ4v) is 2.93. The lowest BCUT2D eigenvalue weighted by Crippen LogP contribution is -2.27. The van der Waals surface area contributed by atoms with E-state index in [4.69, 9.17) is 11.6 Å². The molecule has 6 nitrogen and oxygen atoms in total. The van der Waals surface area contributed by atoms with Gasteiger partial charge in [-0.25, -0.2) is 9.67 Å². The van der Waals surface area contributed by atoms with Gasteiger partial charge < -0.3 is 5.32 Å². The summed E-state index contributed by atoms with van der Waals surface area (Å²) in [5.41, 5.74) is 2.78. The molecule has 3 aromatic rings. The number of benzene rings is 2. The third-order valence-corrected chi connectivity index (χ3v) is 4.89. The second-order valence-corrected chi connectivity index (χ2v) is 6.77. The van der Waals surface area contributed by atoms with Crippen molar-refractivity contribution in [1.29, 1.82) is 0 Å². The summed E-state index contributed by atoms with van der Waals surface area (Å²) in [6.07, 6.45) is 3.57. The molecule has 0 bridgehead atoms. The third kappa shape index (κ3) is 4.93. The first-order valence-corrected chi connectivity index (χ1v) is 9.12. The van der Waals surface area contributed by atoms with E-state index in [9.17, 15) is 4.79 Å². The van der Waals surface area contributed by atoms with Crippen molar-refractivity contribution in [2.24, 2.45) is 0 Å². The van der Waals surface area contributed by atoms with Crippen LogP contribution in [0, 0.1) is 0 Å². The fraction of sp³-hybridized carbons (Fsp3) is 0.250. The molecule has 1 aromatic heterocycles. The van der Waals surface area contributed by atoms with E-state index < -0.39 is 0 Å². The van der Waals surface area contributed by atoms with Crippen LogP contribution in [0.5, 0.6) is 0 Å². The molecule has 0 saturated heterocycles. The van der Waals surface area contributed by atoms with E-state index in [1.54, 1.807) is 23.1 Å². The number of aromatic nitrogens is 3. The van der Waals surface area contributed by atoms with Crippen LogP contribution < -0.4 is 5.32 Å². The summed E-state index contributed by atoms with van der Waals surface area (Å²) in [6, 6.07) is 15.6. The zero-order valence-corrected chi connectivity index (χ0v) is 16.1. The van der Waals surface area contributed by atoms with Crippen molar-refractivity contribution < 1.29 is 4.79 Å². The second kappa shape index (κ2) is 8.79. The Labute approximate surface area is 163 Å². The van der Waals surface area contributed by atoms with Gasteiger partial charge in [0.2, 0.25) is 5.91 Å². The van der Waals surface area contributed by atoms with Crippen LogP contribution in [0.1, 0.15) is 24.9 Å². The second-order valence-electron chi connectivity index (χ2n) is 6.37. The maximum absolute atomic E-state index is 12.2. The lowest BCUT2D eigenvalue weighted by atomic mass is 10.1. The fourth-order valence-electron chi connectivity index (χ4n) is 2.75. The Bertz CT molecular complexity index is 880. The number of carbonyl (C=O) groups excluding carboxylic acids is 1. The largest absolute Gasteiger partial charge is 0.325 e. The first-order valence-electron chi connectivity index (χ1n) is 8.74. The van der Waals surface area contributed by atoms with E-state index in [1.165, 1.54) is 11.9 Å². The average Bonchev–Trinajstić information content (AvgIpc) is 3.22. The number of para-hydroxylation sites is 1. The topological polar surface area (TPSA) is 63.1 Å². The minimum absolute atomic E-state index is 0.0521. The van der Waals surface area contributed by atoms with Gasteiger partial charge in [0.1, 0.15) is 12.7 Å². The summed E-state index contributed by atoms with van der Waals surface area (Å²) in [4.78, 5) is 18.3. The van der Waals surface area contributed by atoms with Crippen molar-refractivity contribution in [2.75, 3.05) is 18.9 Å². The molecule has 27 heavy (non-hydrogen) atoms. The number of amides is 1. The number of hydrogen-bond acceptors (Lipinski definition) is 4. The Morgan fingerprint density at radius 1 is 1.22 bits per heavy atom. The van der Waals surface area contributed by atoms with Crippen LogP contribution in [0.2, 0.25) is 5.02 Å². The number of nitrogens with one attached hydrogen (secondary N) is 1. The maximum atomic E-state index is 12.2. The molecular formula is C20H22ClN5O. The summed E-state index contributed by atoms with van der Waals surface area (Å²) >= 11 is 6.08. The lowest BCUT2D eigenvalue weighted by molar-refractivity contribution is -0.116. The summed E-state index contributed by atoms with van der Waals surface area (Å²) in [5, 5.41) is 7.52. The molecule has 140 valence electrons. The SMILES string of the molecule is CC(c1ccc(-n2cncn2)cc1)N(C)CCC(=O)Nc1ccccc1Cl. The summed E-state index contributed by atoms with van der Waals surface area (Å²) in [7, 11) is 2.01. The van der Waals surface area contributed by atoms with Crippen LogP contribution in [-0.4, -0.2) is 39.2 Å². The highest BCUT2D eigenvalue weighted by Crippen LogP contribution is 2.22. The maximum Gasteiger partial charge on any atom is 0.225 e. The Hall–Kier alpha value is -2.70. The van der Waals surface area contributed by atoms with Gasteiger partial charge in [-0.15, -0.1) is 0 Å². The molecular weight excluding hydrogens is 362 g/mol. The van der Waals surface area contributed by atoms with Crippen LogP contribution in [0.25, 0.3) is 5.69 Å². The van der Waals surface area contributed by atoms with Crippen LogP contribution >= 0.6 is 11.6 Å². The predicted molar refractivity (Wildman–Crippen MR) is 107 cm³/mol. The van der Waals surface area contributed by atoms with Crippen molar-refractivity contribution in [2.45, 2.75) is 19.4 Å². The Balaban J connectivity index is 1.53. The van der Waals surface area contributed by atoms with Gasteiger partial charge in [0, 0.05) is 19.0 Å². The van der Waals surface area contributed by atoms with Gasteiger partial charge in [0.05, 0.1) is 16.4 Å². The zero-order chi connectivity index (χ0) is 19.2. The number of anilines is 1. The van der Waals surface area contributed by atoms with Crippen molar-refractivity contribution in [3.63, 3.8) is 0 Å². The van der Waals surface area contributed by atoms with Gasteiger partial charge in [-0.05, 0) is 43.8 Å². The Kier molecular flexibility index (Phi) is 6.21. The summed E-state index contributed by atoms with van der Waals surface area (Å²) < 4.78 is 1.72. The van der Waals surface area contributed by atoms with Gasteiger partial charge in [0.15, 0.2) is 0 Å². The van der Waals surface area contributed by atoms with Crippen molar-refractivity contribution in [3.05, 3.63) is 71.8 Å². The predicted octanol–water partition coefficient (Wildman–Crippen LogP) is 3.94. The molecule has 1 atom stereocenters. The van der Waals surface area contributed by atoms with Crippen molar-refractivity contribution in [3.8, 4) is 5.69 Å². The molecule has 7 heteroatoms. The Morgan fingerprint density at radius 2 is 1.96 bits per heavy atom. The number of halogens is 1.